The Morgan fingerprint density at radius 3 is 2.68 bits per heavy atom. The SMILES string of the molecule is COC(=O)Nc1ccc2c(c1)NC(=O)CCCCC(c1ccc(-c3c(F)ccc(Cl)c3F)c[n+]1[O-])c1cccc-2c1. The number of ether oxygens (including phenoxy) is 1. The molecule has 7 nitrogen and oxygen atoms in total. The van der Waals surface area contributed by atoms with Gasteiger partial charge < -0.3 is 15.3 Å². The first-order valence-electron chi connectivity index (χ1n) is 13.0. The van der Waals surface area contributed by atoms with Crippen molar-refractivity contribution in [2.75, 3.05) is 17.7 Å². The Hall–Kier alpha value is -4.50. The van der Waals surface area contributed by atoms with E-state index in [1.165, 1.54) is 13.2 Å². The van der Waals surface area contributed by atoms with Crippen LogP contribution in [0.3, 0.4) is 0 Å². The summed E-state index contributed by atoms with van der Waals surface area (Å²) < 4.78 is 34.5. The molecule has 5 rings (SSSR count). The van der Waals surface area contributed by atoms with Crippen molar-refractivity contribution in [1.29, 1.82) is 0 Å². The van der Waals surface area contributed by atoms with E-state index < -0.39 is 17.7 Å². The number of pyridine rings is 1. The van der Waals surface area contributed by atoms with Gasteiger partial charge in [0.25, 0.3) is 0 Å². The van der Waals surface area contributed by atoms with Gasteiger partial charge in [0.05, 0.1) is 34.9 Å². The van der Waals surface area contributed by atoms with Crippen LogP contribution >= 0.6 is 11.6 Å². The van der Waals surface area contributed by atoms with Crippen LogP contribution in [-0.4, -0.2) is 19.1 Å². The maximum Gasteiger partial charge on any atom is 0.411 e. The van der Waals surface area contributed by atoms with Gasteiger partial charge in [-0.15, -0.1) is 0 Å². The summed E-state index contributed by atoms with van der Waals surface area (Å²) in [6.07, 6.45) is 2.59. The summed E-state index contributed by atoms with van der Waals surface area (Å²) in [6.45, 7) is 0. The molecule has 2 heterocycles. The average molecular weight is 578 g/mol. The maximum absolute atomic E-state index is 14.6. The highest BCUT2D eigenvalue weighted by Gasteiger charge is 2.25. The van der Waals surface area contributed by atoms with E-state index >= 15 is 0 Å². The lowest BCUT2D eigenvalue weighted by molar-refractivity contribution is -0.614. The van der Waals surface area contributed by atoms with Gasteiger partial charge in [0.2, 0.25) is 5.91 Å². The number of anilines is 2. The van der Waals surface area contributed by atoms with Crippen molar-refractivity contribution in [3.63, 3.8) is 0 Å². The largest absolute Gasteiger partial charge is 0.618 e. The lowest BCUT2D eigenvalue weighted by Crippen LogP contribution is -2.33. The highest BCUT2D eigenvalue weighted by atomic mass is 35.5. The van der Waals surface area contributed by atoms with Crippen LogP contribution in [0.15, 0.2) is 72.9 Å². The molecule has 1 aliphatic rings. The predicted molar refractivity (Wildman–Crippen MR) is 153 cm³/mol. The van der Waals surface area contributed by atoms with Gasteiger partial charge in [-0.3, -0.25) is 10.1 Å². The van der Waals surface area contributed by atoms with E-state index in [2.05, 4.69) is 15.4 Å². The first kappa shape index (κ1) is 28.0. The molecular weight excluding hydrogens is 552 g/mol. The minimum atomic E-state index is -0.931. The Balaban J connectivity index is 1.57. The third-order valence-electron chi connectivity index (χ3n) is 7.11. The van der Waals surface area contributed by atoms with E-state index in [9.17, 15) is 23.6 Å². The molecule has 0 aliphatic carbocycles. The van der Waals surface area contributed by atoms with Gasteiger partial charge in [0.15, 0.2) is 17.7 Å². The number of carbonyl (C=O) groups is 2. The van der Waals surface area contributed by atoms with E-state index in [0.29, 0.717) is 41.1 Å². The number of benzene rings is 3. The molecule has 1 aromatic heterocycles. The molecule has 0 radical (unpaired) electrons. The second kappa shape index (κ2) is 11.9. The molecule has 4 aromatic rings. The van der Waals surface area contributed by atoms with Crippen LogP contribution in [0.25, 0.3) is 22.3 Å². The lowest BCUT2D eigenvalue weighted by Gasteiger charge is -2.20. The molecule has 2 amide bonds. The zero-order valence-corrected chi connectivity index (χ0v) is 22.8. The van der Waals surface area contributed by atoms with Crippen LogP contribution in [0.1, 0.15) is 42.9 Å². The van der Waals surface area contributed by atoms with Gasteiger partial charge in [0, 0.05) is 23.7 Å². The molecule has 2 N–H and O–H groups in total. The fourth-order valence-electron chi connectivity index (χ4n) is 5.10. The maximum atomic E-state index is 14.6. The lowest BCUT2D eigenvalue weighted by atomic mass is 9.87. The minimum Gasteiger partial charge on any atom is -0.618 e. The van der Waals surface area contributed by atoms with Gasteiger partial charge in [-0.1, -0.05) is 48.4 Å². The summed E-state index contributed by atoms with van der Waals surface area (Å²) in [4.78, 5) is 24.5. The van der Waals surface area contributed by atoms with E-state index in [1.54, 1.807) is 24.3 Å². The minimum absolute atomic E-state index is 0.0742. The predicted octanol–water partition coefficient (Wildman–Crippen LogP) is 7.41. The van der Waals surface area contributed by atoms with Crippen LogP contribution < -0.4 is 15.4 Å². The monoisotopic (exact) mass is 577 g/mol. The number of nitrogens with zero attached hydrogens (tertiary/aromatic N) is 1. The molecule has 41 heavy (non-hydrogen) atoms. The Labute approximate surface area is 240 Å². The van der Waals surface area contributed by atoms with Crippen molar-refractivity contribution in [3.8, 4) is 22.3 Å². The Morgan fingerprint density at radius 1 is 1.07 bits per heavy atom. The number of hydrogen-bond acceptors (Lipinski definition) is 4. The van der Waals surface area contributed by atoms with Crippen molar-refractivity contribution >= 4 is 35.0 Å². The second-order valence-electron chi connectivity index (χ2n) is 9.74. The number of hydrogen-bond donors (Lipinski definition) is 2. The zero-order chi connectivity index (χ0) is 29.1. The van der Waals surface area contributed by atoms with Gasteiger partial charge in [0.1, 0.15) is 5.82 Å². The number of amides is 2. The quantitative estimate of drug-likeness (QED) is 0.151. The van der Waals surface area contributed by atoms with Crippen molar-refractivity contribution in [1.82, 2.24) is 0 Å². The summed E-state index contributed by atoms with van der Waals surface area (Å²) in [7, 11) is 1.26. The zero-order valence-electron chi connectivity index (χ0n) is 22.0. The van der Waals surface area contributed by atoms with E-state index in [-0.39, 0.29) is 34.4 Å². The standard InChI is InChI=1S/C31H26ClF2N3O4/c1-41-31(39)35-21-10-11-22-18-5-4-6-19(15-18)23(7-2-3-8-28(38)36-26(22)16-21)27-14-9-20(17-37(27)40)29-25(33)13-12-24(32)30(29)34/h4-6,9-17,23H,2-3,7-8H2,1H3,(H,35,39)(H,36,38). The second-order valence-corrected chi connectivity index (χ2v) is 10.1. The van der Waals surface area contributed by atoms with Crippen molar-refractivity contribution < 1.29 is 27.8 Å². The number of halogens is 3. The number of rotatable bonds is 3. The molecule has 0 saturated heterocycles. The Kier molecular flexibility index (Phi) is 8.16. The molecule has 1 unspecified atom stereocenters. The van der Waals surface area contributed by atoms with Gasteiger partial charge in [-0.05, 0) is 54.3 Å². The first-order chi connectivity index (χ1) is 19.7. The number of nitrogens with one attached hydrogen (secondary N) is 2. The molecule has 2 bridgehead atoms. The molecular formula is C31H26ClF2N3O4. The fraction of sp³-hybridized carbons (Fsp3) is 0.194. The van der Waals surface area contributed by atoms with Crippen LogP contribution in [0, 0.1) is 16.8 Å². The van der Waals surface area contributed by atoms with Crippen LogP contribution in [-0.2, 0) is 9.53 Å². The number of aromatic nitrogens is 1. The van der Waals surface area contributed by atoms with E-state index in [0.717, 1.165) is 35.0 Å². The van der Waals surface area contributed by atoms with Crippen LogP contribution in [0.4, 0.5) is 25.0 Å². The summed E-state index contributed by atoms with van der Waals surface area (Å²) in [5.74, 6) is -2.27. The van der Waals surface area contributed by atoms with Crippen LogP contribution in [0.5, 0.6) is 0 Å². The normalized spacial score (nSPS) is 15.1. The van der Waals surface area contributed by atoms with Crippen molar-refractivity contribution in [3.05, 3.63) is 106 Å². The number of fused-ring (bicyclic) bond motifs is 4. The highest BCUT2D eigenvalue weighted by Crippen LogP contribution is 2.37. The van der Waals surface area contributed by atoms with Crippen molar-refractivity contribution in [2.24, 2.45) is 0 Å². The average Bonchev–Trinajstić information content (AvgIpc) is 2.95. The summed E-state index contributed by atoms with van der Waals surface area (Å²) >= 11 is 5.86. The molecule has 10 heteroatoms. The molecule has 0 saturated carbocycles. The molecule has 0 fully saturated rings. The Morgan fingerprint density at radius 2 is 1.90 bits per heavy atom. The molecule has 1 aliphatic heterocycles. The van der Waals surface area contributed by atoms with Gasteiger partial charge in [-0.2, -0.15) is 4.73 Å². The summed E-state index contributed by atoms with van der Waals surface area (Å²) in [5, 5.41) is 18.6. The highest BCUT2D eigenvalue weighted by molar-refractivity contribution is 6.31. The van der Waals surface area contributed by atoms with Crippen LogP contribution in [0.2, 0.25) is 5.02 Å². The molecule has 210 valence electrons. The fourth-order valence-corrected chi connectivity index (χ4v) is 5.26. The number of carbonyl (C=O) groups excluding carboxylic acids is 2. The molecule has 3 aromatic carbocycles. The van der Waals surface area contributed by atoms with E-state index in [4.69, 9.17) is 11.6 Å². The third kappa shape index (κ3) is 6.00. The molecule has 0 spiro atoms. The van der Waals surface area contributed by atoms with Gasteiger partial charge >= 0.3 is 6.09 Å². The molecule has 1 atom stereocenters. The first-order valence-corrected chi connectivity index (χ1v) is 13.4. The summed E-state index contributed by atoms with van der Waals surface area (Å²) in [5.41, 5.74) is 3.49. The third-order valence-corrected chi connectivity index (χ3v) is 7.40. The van der Waals surface area contributed by atoms with E-state index in [1.807, 2.05) is 24.3 Å². The summed E-state index contributed by atoms with van der Waals surface area (Å²) in [6, 6.07) is 18.1. The topological polar surface area (TPSA) is 94.4 Å². The van der Waals surface area contributed by atoms with Crippen molar-refractivity contribution in [2.45, 2.75) is 31.6 Å². The Bertz CT molecular complexity index is 1650. The van der Waals surface area contributed by atoms with Gasteiger partial charge in [-0.25, -0.2) is 13.6 Å². The number of methoxy groups -OCH3 is 1. The smallest absolute Gasteiger partial charge is 0.411 e.